The van der Waals surface area contributed by atoms with E-state index in [2.05, 4.69) is 30.3 Å². The minimum atomic E-state index is -0.0992. The fourth-order valence-electron chi connectivity index (χ4n) is 2.83. The predicted octanol–water partition coefficient (Wildman–Crippen LogP) is 1.70. The van der Waals surface area contributed by atoms with Gasteiger partial charge in [-0.3, -0.25) is 4.79 Å². The molecule has 2 unspecified atom stereocenters. The molecule has 1 amide bonds. The first-order chi connectivity index (χ1) is 8.28. The van der Waals surface area contributed by atoms with Crippen LogP contribution in [0.2, 0.25) is 0 Å². The van der Waals surface area contributed by atoms with Gasteiger partial charge in [-0.05, 0) is 17.5 Å². The van der Waals surface area contributed by atoms with Crippen LogP contribution >= 0.6 is 0 Å². The molecule has 1 aliphatic carbocycles. The van der Waals surface area contributed by atoms with Crippen LogP contribution in [0.4, 0.5) is 0 Å². The largest absolute Gasteiger partial charge is 0.341 e. The molecule has 3 heteroatoms. The van der Waals surface area contributed by atoms with Gasteiger partial charge in [0.15, 0.2) is 0 Å². The fourth-order valence-corrected chi connectivity index (χ4v) is 2.83. The lowest BCUT2D eigenvalue weighted by molar-refractivity contribution is -0.128. The second-order valence-corrected chi connectivity index (χ2v) is 4.93. The molecule has 86 valence electrons. The molecule has 0 radical (unpaired) electrons. The van der Waals surface area contributed by atoms with Gasteiger partial charge in [-0.2, -0.15) is 5.26 Å². The molecule has 0 N–H and O–H groups in total. The molecular formula is C14H14N2O. The van der Waals surface area contributed by atoms with Crippen LogP contribution in [0, 0.1) is 17.2 Å². The summed E-state index contributed by atoms with van der Waals surface area (Å²) in [6.07, 6.45) is 1.47. The van der Waals surface area contributed by atoms with Crippen molar-refractivity contribution in [2.75, 3.05) is 13.1 Å². The van der Waals surface area contributed by atoms with Crippen molar-refractivity contribution in [2.45, 2.75) is 18.8 Å². The van der Waals surface area contributed by atoms with Crippen molar-refractivity contribution < 1.29 is 4.79 Å². The van der Waals surface area contributed by atoms with E-state index in [1.807, 2.05) is 4.90 Å². The van der Waals surface area contributed by atoms with Crippen molar-refractivity contribution in [3.05, 3.63) is 35.4 Å². The van der Waals surface area contributed by atoms with Crippen LogP contribution in [0.3, 0.4) is 0 Å². The predicted molar refractivity (Wildman–Crippen MR) is 63.2 cm³/mol. The molecule has 1 saturated heterocycles. The molecule has 0 aromatic heterocycles. The lowest BCUT2D eigenvalue weighted by Crippen LogP contribution is -2.34. The summed E-state index contributed by atoms with van der Waals surface area (Å²) < 4.78 is 0. The average Bonchev–Trinajstić information content (AvgIpc) is 2.67. The molecule has 1 aliphatic heterocycles. The lowest BCUT2D eigenvalue weighted by Gasteiger charge is -2.33. The Labute approximate surface area is 101 Å². The van der Waals surface area contributed by atoms with Crippen molar-refractivity contribution in [1.29, 1.82) is 5.26 Å². The van der Waals surface area contributed by atoms with Gasteiger partial charge in [0, 0.05) is 25.4 Å². The molecule has 0 saturated carbocycles. The summed E-state index contributed by atoms with van der Waals surface area (Å²) in [5.41, 5.74) is 2.78. The first kappa shape index (κ1) is 10.3. The van der Waals surface area contributed by atoms with Gasteiger partial charge >= 0.3 is 0 Å². The second kappa shape index (κ2) is 3.89. The third-order valence-electron chi connectivity index (χ3n) is 3.80. The van der Waals surface area contributed by atoms with Crippen molar-refractivity contribution >= 4 is 5.91 Å². The highest BCUT2D eigenvalue weighted by molar-refractivity contribution is 5.79. The summed E-state index contributed by atoms with van der Waals surface area (Å²) in [5.74, 6) is 0.520. The summed E-state index contributed by atoms with van der Waals surface area (Å²) in [7, 11) is 0. The van der Waals surface area contributed by atoms with E-state index >= 15 is 0 Å². The first-order valence-electron chi connectivity index (χ1n) is 6.03. The average molecular weight is 226 g/mol. The van der Waals surface area contributed by atoms with E-state index in [-0.39, 0.29) is 11.8 Å². The van der Waals surface area contributed by atoms with Crippen LogP contribution in [-0.2, 0) is 11.2 Å². The summed E-state index contributed by atoms with van der Waals surface area (Å²) >= 11 is 0. The highest BCUT2D eigenvalue weighted by Gasteiger charge is 2.34. The Bertz CT molecular complexity index is 503. The van der Waals surface area contributed by atoms with Gasteiger partial charge in [-0.1, -0.05) is 24.3 Å². The van der Waals surface area contributed by atoms with Crippen LogP contribution in [0.1, 0.15) is 23.5 Å². The maximum absolute atomic E-state index is 11.7. The number of carbonyl (C=O) groups excluding carboxylic acids is 1. The molecule has 0 bridgehead atoms. The van der Waals surface area contributed by atoms with E-state index in [0.717, 1.165) is 13.0 Å². The number of amides is 1. The number of benzene rings is 1. The van der Waals surface area contributed by atoms with E-state index in [1.54, 1.807) is 0 Å². The van der Waals surface area contributed by atoms with Crippen LogP contribution < -0.4 is 0 Å². The summed E-state index contributed by atoms with van der Waals surface area (Å²) in [5, 5.41) is 8.84. The molecule has 1 heterocycles. The van der Waals surface area contributed by atoms with Gasteiger partial charge < -0.3 is 4.90 Å². The van der Waals surface area contributed by atoms with Crippen LogP contribution in [0.15, 0.2) is 24.3 Å². The number of carbonyl (C=O) groups is 1. The molecule has 1 aromatic rings. The molecule has 1 aromatic carbocycles. The Morgan fingerprint density at radius 2 is 2.18 bits per heavy atom. The Morgan fingerprint density at radius 1 is 1.35 bits per heavy atom. The van der Waals surface area contributed by atoms with Gasteiger partial charge in [-0.15, -0.1) is 0 Å². The molecule has 2 atom stereocenters. The number of fused-ring (bicyclic) bond motifs is 1. The second-order valence-electron chi connectivity index (χ2n) is 4.93. The van der Waals surface area contributed by atoms with Gasteiger partial charge in [0.2, 0.25) is 5.91 Å². The number of rotatable bonds is 2. The summed E-state index contributed by atoms with van der Waals surface area (Å²) in [6.45, 7) is 1.40. The Morgan fingerprint density at radius 3 is 2.88 bits per heavy atom. The standard InChI is InChI=1S/C14H14N2O/c15-7-10-5-14(17)16(8-10)9-12-6-11-3-1-2-4-13(11)12/h1-4,10,12H,5-6,8-9H2. The molecule has 0 spiro atoms. The summed E-state index contributed by atoms with van der Waals surface area (Å²) in [6, 6.07) is 10.6. The number of hydrogen-bond donors (Lipinski definition) is 0. The highest BCUT2D eigenvalue weighted by Crippen LogP contribution is 2.36. The molecule has 2 aliphatic rings. The highest BCUT2D eigenvalue weighted by atomic mass is 16.2. The zero-order valence-electron chi connectivity index (χ0n) is 9.60. The minimum absolute atomic E-state index is 0.0992. The zero-order valence-corrected chi connectivity index (χ0v) is 9.60. The first-order valence-corrected chi connectivity index (χ1v) is 6.03. The SMILES string of the molecule is N#CC1CC(=O)N(CC2Cc3ccccc32)C1. The van der Waals surface area contributed by atoms with E-state index in [9.17, 15) is 4.79 Å². The Hall–Kier alpha value is -1.82. The Balaban J connectivity index is 1.67. The molecule has 1 fully saturated rings. The number of nitrogens with zero attached hydrogens (tertiary/aromatic N) is 2. The molecule has 3 rings (SSSR count). The maximum atomic E-state index is 11.7. The van der Waals surface area contributed by atoms with Gasteiger partial charge in [0.05, 0.1) is 12.0 Å². The van der Waals surface area contributed by atoms with Gasteiger partial charge in [0.25, 0.3) is 0 Å². The number of hydrogen-bond acceptors (Lipinski definition) is 2. The minimum Gasteiger partial charge on any atom is -0.341 e. The van der Waals surface area contributed by atoms with Crippen LogP contribution in [0.5, 0.6) is 0 Å². The van der Waals surface area contributed by atoms with Crippen molar-refractivity contribution in [3.63, 3.8) is 0 Å². The Kier molecular flexibility index (Phi) is 2.36. The van der Waals surface area contributed by atoms with Crippen molar-refractivity contribution in [2.24, 2.45) is 5.92 Å². The monoisotopic (exact) mass is 226 g/mol. The summed E-state index contributed by atoms with van der Waals surface area (Å²) in [4.78, 5) is 13.6. The normalized spacial score (nSPS) is 26.3. The van der Waals surface area contributed by atoms with Crippen molar-refractivity contribution in [1.82, 2.24) is 4.90 Å². The van der Waals surface area contributed by atoms with Gasteiger partial charge in [0.1, 0.15) is 0 Å². The maximum Gasteiger partial charge on any atom is 0.224 e. The topological polar surface area (TPSA) is 44.1 Å². The van der Waals surface area contributed by atoms with E-state index in [0.29, 0.717) is 18.9 Å². The van der Waals surface area contributed by atoms with Crippen LogP contribution in [-0.4, -0.2) is 23.9 Å². The van der Waals surface area contributed by atoms with E-state index in [1.165, 1.54) is 11.1 Å². The third kappa shape index (κ3) is 1.70. The fraction of sp³-hybridized carbons (Fsp3) is 0.429. The van der Waals surface area contributed by atoms with Crippen molar-refractivity contribution in [3.8, 4) is 6.07 Å². The van der Waals surface area contributed by atoms with E-state index in [4.69, 9.17) is 5.26 Å². The molecular weight excluding hydrogens is 212 g/mol. The quantitative estimate of drug-likeness (QED) is 0.770. The number of nitriles is 1. The van der Waals surface area contributed by atoms with E-state index < -0.39 is 0 Å². The zero-order chi connectivity index (χ0) is 11.8. The molecule has 17 heavy (non-hydrogen) atoms. The number of likely N-dealkylation sites (tertiary alicyclic amines) is 1. The lowest BCUT2D eigenvalue weighted by atomic mass is 9.77. The third-order valence-corrected chi connectivity index (χ3v) is 3.80. The molecule has 3 nitrogen and oxygen atoms in total. The van der Waals surface area contributed by atoms with Crippen LogP contribution in [0.25, 0.3) is 0 Å². The van der Waals surface area contributed by atoms with Gasteiger partial charge in [-0.25, -0.2) is 0 Å². The smallest absolute Gasteiger partial charge is 0.224 e.